The number of piperidine rings is 1. The smallest absolute Gasteiger partial charge is 0.239 e. The molecule has 2 aliphatic rings. The van der Waals surface area contributed by atoms with Crippen LogP contribution in [0.15, 0.2) is 0 Å². The number of rotatable bonds is 4. The van der Waals surface area contributed by atoms with Crippen LogP contribution in [-0.2, 0) is 9.59 Å². The molecule has 0 spiro atoms. The highest BCUT2D eigenvalue weighted by atomic mass is 16.2. The number of piperazine rings is 1. The Bertz CT molecular complexity index is 319. The van der Waals surface area contributed by atoms with Crippen LogP contribution in [0.25, 0.3) is 0 Å². The number of carbonyl (C=O) groups is 2. The highest BCUT2D eigenvalue weighted by Gasteiger charge is 2.25. The van der Waals surface area contributed by atoms with Crippen molar-refractivity contribution in [2.24, 2.45) is 0 Å². The second-order valence-corrected chi connectivity index (χ2v) is 5.51. The topological polar surface area (TPSA) is 73.5 Å². The number of carbonyl (C=O) groups excluding carboxylic acids is 2. The van der Waals surface area contributed by atoms with Gasteiger partial charge in [0.2, 0.25) is 11.8 Å². The SMILES string of the molecule is CC(CN1CCCCC1)NC(=O)C1CNC(=O)CN1. The van der Waals surface area contributed by atoms with Gasteiger partial charge in [0.25, 0.3) is 0 Å². The molecular formula is C13H24N4O2. The van der Waals surface area contributed by atoms with Crippen molar-refractivity contribution in [1.29, 1.82) is 0 Å². The van der Waals surface area contributed by atoms with Crippen molar-refractivity contribution in [1.82, 2.24) is 20.9 Å². The Morgan fingerprint density at radius 1 is 1.42 bits per heavy atom. The van der Waals surface area contributed by atoms with Crippen molar-refractivity contribution in [2.45, 2.75) is 38.3 Å². The standard InChI is InChI=1S/C13H24N4O2/c1-10(9-17-5-3-2-4-6-17)16-13(19)11-7-15-12(18)8-14-11/h10-11,14H,2-9H2,1H3,(H,15,18)(H,16,19). The summed E-state index contributed by atoms with van der Waals surface area (Å²) in [4.78, 5) is 25.4. The Labute approximate surface area is 114 Å². The molecule has 108 valence electrons. The lowest BCUT2D eigenvalue weighted by Gasteiger charge is -2.30. The summed E-state index contributed by atoms with van der Waals surface area (Å²) in [5.74, 6) is -0.0741. The molecule has 0 saturated carbocycles. The fourth-order valence-corrected chi connectivity index (χ4v) is 2.67. The Morgan fingerprint density at radius 3 is 2.79 bits per heavy atom. The molecular weight excluding hydrogens is 244 g/mol. The summed E-state index contributed by atoms with van der Waals surface area (Å²) in [5, 5.41) is 8.65. The van der Waals surface area contributed by atoms with Gasteiger partial charge in [-0.3, -0.25) is 14.9 Å². The van der Waals surface area contributed by atoms with Gasteiger partial charge in [0.15, 0.2) is 0 Å². The third-order valence-electron chi connectivity index (χ3n) is 3.70. The molecule has 6 heteroatoms. The lowest BCUT2D eigenvalue weighted by Crippen LogP contribution is -2.59. The Hall–Kier alpha value is -1.14. The van der Waals surface area contributed by atoms with E-state index in [1.54, 1.807) is 0 Å². The van der Waals surface area contributed by atoms with Crippen LogP contribution in [0.3, 0.4) is 0 Å². The zero-order valence-electron chi connectivity index (χ0n) is 11.6. The predicted octanol–water partition coefficient (Wildman–Crippen LogP) is -0.935. The molecule has 2 atom stereocenters. The van der Waals surface area contributed by atoms with Crippen molar-refractivity contribution in [2.75, 3.05) is 32.7 Å². The Balaban J connectivity index is 1.70. The van der Waals surface area contributed by atoms with Gasteiger partial charge in [-0.05, 0) is 32.9 Å². The van der Waals surface area contributed by atoms with E-state index in [-0.39, 0.29) is 30.4 Å². The minimum atomic E-state index is -0.304. The van der Waals surface area contributed by atoms with E-state index in [0.717, 1.165) is 19.6 Å². The van der Waals surface area contributed by atoms with Gasteiger partial charge in [0.05, 0.1) is 6.54 Å². The minimum absolute atomic E-state index is 0.0236. The molecule has 3 N–H and O–H groups in total. The second kappa shape index (κ2) is 6.86. The van der Waals surface area contributed by atoms with Gasteiger partial charge < -0.3 is 15.5 Å². The summed E-state index contributed by atoms with van der Waals surface area (Å²) in [6.45, 7) is 5.81. The molecule has 2 amide bonds. The maximum absolute atomic E-state index is 12.0. The maximum Gasteiger partial charge on any atom is 0.239 e. The molecule has 2 fully saturated rings. The number of nitrogens with zero attached hydrogens (tertiary/aromatic N) is 1. The average Bonchev–Trinajstić information content (AvgIpc) is 2.40. The zero-order valence-corrected chi connectivity index (χ0v) is 11.6. The van der Waals surface area contributed by atoms with Gasteiger partial charge in [-0.15, -0.1) is 0 Å². The highest BCUT2D eigenvalue weighted by molar-refractivity contribution is 5.86. The van der Waals surface area contributed by atoms with Crippen LogP contribution in [0.1, 0.15) is 26.2 Å². The summed E-state index contributed by atoms with van der Waals surface area (Å²) in [7, 11) is 0. The number of hydrogen-bond acceptors (Lipinski definition) is 4. The molecule has 0 bridgehead atoms. The highest BCUT2D eigenvalue weighted by Crippen LogP contribution is 2.08. The fraction of sp³-hybridized carbons (Fsp3) is 0.846. The summed E-state index contributed by atoms with van der Waals surface area (Å²) in [6, 6.07) is -0.161. The molecule has 0 radical (unpaired) electrons. The van der Waals surface area contributed by atoms with E-state index in [1.165, 1.54) is 19.3 Å². The lowest BCUT2D eigenvalue weighted by molar-refractivity contribution is -0.127. The van der Waals surface area contributed by atoms with E-state index in [2.05, 4.69) is 20.9 Å². The van der Waals surface area contributed by atoms with Crippen molar-refractivity contribution in [3.8, 4) is 0 Å². The van der Waals surface area contributed by atoms with E-state index >= 15 is 0 Å². The third kappa shape index (κ3) is 4.47. The molecule has 2 heterocycles. The van der Waals surface area contributed by atoms with Crippen LogP contribution in [-0.4, -0.2) is 61.5 Å². The van der Waals surface area contributed by atoms with Gasteiger partial charge in [-0.1, -0.05) is 6.42 Å². The van der Waals surface area contributed by atoms with Crippen molar-refractivity contribution < 1.29 is 9.59 Å². The molecule has 6 nitrogen and oxygen atoms in total. The van der Waals surface area contributed by atoms with Crippen LogP contribution in [0, 0.1) is 0 Å². The first kappa shape index (κ1) is 14.3. The summed E-state index contributed by atoms with van der Waals surface area (Å²) in [5.41, 5.74) is 0. The fourth-order valence-electron chi connectivity index (χ4n) is 2.67. The largest absolute Gasteiger partial charge is 0.353 e. The number of likely N-dealkylation sites (tertiary alicyclic amines) is 1. The van der Waals surface area contributed by atoms with Gasteiger partial charge in [-0.2, -0.15) is 0 Å². The van der Waals surface area contributed by atoms with Crippen molar-refractivity contribution in [3.05, 3.63) is 0 Å². The molecule has 2 unspecified atom stereocenters. The lowest BCUT2D eigenvalue weighted by atomic mass is 10.1. The molecule has 2 saturated heterocycles. The quantitative estimate of drug-likeness (QED) is 0.615. The van der Waals surface area contributed by atoms with E-state index < -0.39 is 0 Å². The molecule has 0 aromatic carbocycles. The molecule has 0 aromatic rings. The molecule has 2 rings (SSSR count). The zero-order chi connectivity index (χ0) is 13.7. The summed E-state index contributed by atoms with van der Waals surface area (Å²) in [6.07, 6.45) is 3.84. The van der Waals surface area contributed by atoms with E-state index in [0.29, 0.717) is 6.54 Å². The van der Waals surface area contributed by atoms with Gasteiger partial charge >= 0.3 is 0 Å². The van der Waals surface area contributed by atoms with Crippen LogP contribution in [0.4, 0.5) is 0 Å². The minimum Gasteiger partial charge on any atom is -0.353 e. The monoisotopic (exact) mass is 268 g/mol. The third-order valence-corrected chi connectivity index (χ3v) is 3.70. The van der Waals surface area contributed by atoms with Gasteiger partial charge in [-0.25, -0.2) is 0 Å². The summed E-state index contributed by atoms with van der Waals surface area (Å²) >= 11 is 0. The Kier molecular flexibility index (Phi) is 5.15. The van der Waals surface area contributed by atoms with E-state index in [4.69, 9.17) is 0 Å². The van der Waals surface area contributed by atoms with E-state index in [1.807, 2.05) is 6.92 Å². The van der Waals surface area contributed by atoms with E-state index in [9.17, 15) is 9.59 Å². The second-order valence-electron chi connectivity index (χ2n) is 5.51. The molecule has 0 aliphatic carbocycles. The molecule has 2 aliphatic heterocycles. The van der Waals surface area contributed by atoms with Crippen LogP contribution < -0.4 is 16.0 Å². The van der Waals surface area contributed by atoms with Crippen LogP contribution >= 0.6 is 0 Å². The molecule has 19 heavy (non-hydrogen) atoms. The molecule has 0 aromatic heterocycles. The van der Waals surface area contributed by atoms with Crippen LogP contribution in [0.5, 0.6) is 0 Å². The average molecular weight is 268 g/mol. The first-order valence-electron chi connectivity index (χ1n) is 7.18. The van der Waals surface area contributed by atoms with Gasteiger partial charge in [0, 0.05) is 19.1 Å². The number of amides is 2. The van der Waals surface area contributed by atoms with Crippen LogP contribution in [0.2, 0.25) is 0 Å². The van der Waals surface area contributed by atoms with Gasteiger partial charge in [0.1, 0.15) is 6.04 Å². The maximum atomic E-state index is 12.0. The number of hydrogen-bond donors (Lipinski definition) is 3. The number of nitrogens with one attached hydrogen (secondary N) is 3. The predicted molar refractivity (Wildman–Crippen MR) is 72.7 cm³/mol. The Morgan fingerprint density at radius 2 is 2.16 bits per heavy atom. The first-order chi connectivity index (χ1) is 9.15. The first-order valence-corrected chi connectivity index (χ1v) is 7.18. The summed E-state index contributed by atoms with van der Waals surface area (Å²) < 4.78 is 0. The normalized spacial score (nSPS) is 26.6. The van der Waals surface area contributed by atoms with Crippen molar-refractivity contribution in [3.63, 3.8) is 0 Å². The van der Waals surface area contributed by atoms with Crippen molar-refractivity contribution >= 4 is 11.8 Å².